The second kappa shape index (κ2) is 8.39. The normalized spacial score (nSPS) is 12.2. The highest BCUT2D eigenvalue weighted by Crippen LogP contribution is 2.24. The van der Waals surface area contributed by atoms with E-state index >= 15 is 0 Å². The summed E-state index contributed by atoms with van der Waals surface area (Å²) in [5, 5.41) is 6.41. The Labute approximate surface area is 152 Å². The van der Waals surface area contributed by atoms with Crippen molar-refractivity contribution in [1.29, 1.82) is 0 Å². The lowest BCUT2D eigenvalue weighted by molar-refractivity contribution is -0.0498. The topological polar surface area (TPSA) is 54.7 Å². The van der Waals surface area contributed by atoms with Crippen molar-refractivity contribution in [3.8, 4) is 17.0 Å². The summed E-state index contributed by atoms with van der Waals surface area (Å²) >= 11 is 1.44. The van der Waals surface area contributed by atoms with E-state index in [0.717, 1.165) is 17.0 Å². The number of rotatable bonds is 7. The molecule has 1 aromatic carbocycles. The van der Waals surface area contributed by atoms with E-state index in [2.05, 4.69) is 26.4 Å². The minimum Gasteiger partial charge on any atom is -0.435 e. The molecule has 134 valence electrons. The number of hydrogen-bond donors (Lipinski definition) is 1. The first-order valence-electron chi connectivity index (χ1n) is 7.72. The highest BCUT2D eigenvalue weighted by molar-refractivity contribution is 7.07. The Bertz CT molecular complexity index is 940. The molecule has 2 heterocycles. The standard InChI is InChI=1S/C18H16F2N4OS/c1-2-9-22-18-24(23-11-14-4-3-10-21-14)16(12-26-18)13-5-7-15(8-6-13)25-17(19)20/h2-8,10-12,17,21H,1,9H2. The highest BCUT2D eigenvalue weighted by atomic mass is 32.1. The van der Waals surface area contributed by atoms with E-state index in [1.54, 1.807) is 29.1 Å². The van der Waals surface area contributed by atoms with Gasteiger partial charge in [-0.1, -0.05) is 6.08 Å². The van der Waals surface area contributed by atoms with Crippen LogP contribution in [0, 0.1) is 0 Å². The molecule has 0 amide bonds. The number of benzene rings is 1. The van der Waals surface area contributed by atoms with E-state index < -0.39 is 6.61 Å². The number of nitrogens with one attached hydrogen (secondary N) is 1. The van der Waals surface area contributed by atoms with Crippen molar-refractivity contribution in [2.45, 2.75) is 6.61 Å². The van der Waals surface area contributed by atoms with Gasteiger partial charge in [0.2, 0.25) is 4.80 Å². The minimum absolute atomic E-state index is 0.108. The molecule has 3 rings (SSSR count). The Morgan fingerprint density at radius 1 is 1.27 bits per heavy atom. The number of thiazole rings is 1. The molecule has 0 aliphatic rings. The molecule has 0 atom stereocenters. The number of ether oxygens (including phenoxy) is 1. The lowest BCUT2D eigenvalue weighted by Crippen LogP contribution is -2.12. The molecule has 0 spiro atoms. The van der Waals surface area contributed by atoms with E-state index in [1.807, 2.05) is 23.7 Å². The molecule has 0 aliphatic heterocycles. The van der Waals surface area contributed by atoms with Crippen molar-refractivity contribution in [3.05, 3.63) is 71.1 Å². The maximum Gasteiger partial charge on any atom is 0.387 e. The zero-order valence-electron chi connectivity index (χ0n) is 13.7. The van der Waals surface area contributed by atoms with Crippen LogP contribution in [0.5, 0.6) is 5.75 Å². The average molecular weight is 374 g/mol. The van der Waals surface area contributed by atoms with Gasteiger partial charge in [0.25, 0.3) is 0 Å². The molecular weight excluding hydrogens is 358 g/mol. The van der Waals surface area contributed by atoms with Gasteiger partial charge in [0.05, 0.1) is 24.1 Å². The molecule has 5 nitrogen and oxygen atoms in total. The molecular formula is C18H16F2N4OS. The molecule has 0 fully saturated rings. The average Bonchev–Trinajstić information content (AvgIpc) is 3.28. The van der Waals surface area contributed by atoms with Crippen molar-refractivity contribution in [2.24, 2.45) is 10.1 Å². The van der Waals surface area contributed by atoms with Gasteiger partial charge in [0.15, 0.2) is 0 Å². The van der Waals surface area contributed by atoms with E-state index in [1.165, 1.54) is 23.5 Å². The summed E-state index contributed by atoms with van der Waals surface area (Å²) in [6, 6.07) is 10.2. The van der Waals surface area contributed by atoms with Crippen LogP contribution >= 0.6 is 11.3 Å². The highest BCUT2D eigenvalue weighted by Gasteiger charge is 2.09. The molecule has 0 saturated carbocycles. The Hall–Kier alpha value is -3.00. The van der Waals surface area contributed by atoms with Crippen molar-refractivity contribution in [1.82, 2.24) is 9.66 Å². The van der Waals surface area contributed by atoms with E-state index in [4.69, 9.17) is 0 Å². The number of alkyl halides is 2. The van der Waals surface area contributed by atoms with Gasteiger partial charge in [-0.25, -0.2) is 4.68 Å². The summed E-state index contributed by atoms with van der Waals surface area (Å²) < 4.78 is 30.7. The number of aromatic amines is 1. The van der Waals surface area contributed by atoms with Gasteiger partial charge in [-0.15, -0.1) is 17.9 Å². The summed E-state index contributed by atoms with van der Waals surface area (Å²) in [6.07, 6.45) is 5.21. The van der Waals surface area contributed by atoms with Gasteiger partial charge in [-0.05, 0) is 36.4 Å². The molecule has 2 aromatic heterocycles. The third-order valence-electron chi connectivity index (χ3n) is 3.35. The van der Waals surface area contributed by atoms with Gasteiger partial charge in [-0.3, -0.25) is 4.99 Å². The van der Waals surface area contributed by atoms with Crippen molar-refractivity contribution >= 4 is 17.6 Å². The smallest absolute Gasteiger partial charge is 0.387 e. The monoisotopic (exact) mass is 374 g/mol. The fraction of sp³-hybridized carbons (Fsp3) is 0.111. The third kappa shape index (κ3) is 4.34. The Morgan fingerprint density at radius 2 is 2.08 bits per heavy atom. The molecule has 3 aromatic rings. The molecule has 0 radical (unpaired) electrons. The summed E-state index contributed by atoms with van der Waals surface area (Å²) in [7, 11) is 0. The second-order valence-corrected chi connectivity index (χ2v) is 5.95. The fourth-order valence-electron chi connectivity index (χ4n) is 2.21. The summed E-state index contributed by atoms with van der Waals surface area (Å²) in [5.41, 5.74) is 2.46. The van der Waals surface area contributed by atoms with Crippen LogP contribution in [-0.2, 0) is 0 Å². The Morgan fingerprint density at radius 3 is 2.73 bits per heavy atom. The number of hydrogen-bond acceptors (Lipinski definition) is 4. The first kappa shape index (κ1) is 17.8. The molecule has 8 heteroatoms. The Kier molecular flexibility index (Phi) is 5.75. The van der Waals surface area contributed by atoms with Gasteiger partial charge in [0, 0.05) is 17.1 Å². The maximum absolute atomic E-state index is 12.3. The minimum atomic E-state index is -2.85. The molecule has 0 unspecified atom stereocenters. The van der Waals surface area contributed by atoms with Gasteiger partial charge >= 0.3 is 6.61 Å². The molecule has 1 N–H and O–H groups in total. The van der Waals surface area contributed by atoms with E-state index in [9.17, 15) is 8.78 Å². The SMILES string of the molecule is C=CCN=c1scc(-c2ccc(OC(F)F)cc2)n1N=Cc1ccc[nH]1. The Balaban J connectivity index is 1.98. The van der Waals surface area contributed by atoms with Crippen molar-refractivity contribution in [3.63, 3.8) is 0 Å². The number of aromatic nitrogens is 2. The second-order valence-electron chi connectivity index (χ2n) is 5.12. The van der Waals surface area contributed by atoms with E-state index in [-0.39, 0.29) is 5.75 Å². The quantitative estimate of drug-likeness (QED) is 0.491. The lowest BCUT2D eigenvalue weighted by Gasteiger charge is -2.06. The van der Waals surface area contributed by atoms with Gasteiger partial charge in [-0.2, -0.15) is 13.9 Å². The summed E-state index contributed by atoms with van der Waals surface area (Å²) in [5.74, 6) is 0.108. The van der Waals surface area contributed by atoms with Gasteiger partial charge < -0.3 is 9.72 Å². The van der Waals surface area contributed by atoms with E-state index in [0.29, 0.717) is 11.3 Å². The van der Waals surface area contributed by atoms with Crippen LogP contribution < -0.4 is 9.54 Å². The van der Waals surface area contributed by atoms with Crippen LogP contribution in [0.4, 0.5) is 8.78 Å². The fourth-order valence-corrected chi connectivity index (χ4v) is 3.06. The van der Waals surface area contributed by atoms with Crippen LogP contribution in [0.3, 0.4) is 0 Å². The zero-order chi connectivity index (χ0) is 18.4. The molecule has 0 bridgehead atoms. The molecule has 0 aliphatic carbocycles. The zero-order valence-corrected chi connectivity index (χ0v) is 14.5. The summed E-state index contributed by atoms with van der Waals surface area (Å²) in [6.45, 7) is 1.30. The predicted molar refractivity (Wildman–Crippen MR) is 98.8 cm³/mol. The van der Waals surface area contributed by atoms with Crippen LogP contribution in [0.25, 0.3) is 11.3 Å². The predicted octanol–water partition coefficient (Wildman–Crippen LogP) is 4.12. The third-order valence-corrected chi connectivity index (χ3v) is 4.20. The number of nitrogens with zero attached hydrogens (tertiary/aromatic N) is 3. The summed E-state index contributed by atoms with van der Waals surface area (Å²) in [4.78, 5) is 8.20. The van der Waals surface area contributed by atoms with Crippen LogP contribution in [0.15, 0.2) is 70.7 Å². The maximum atomic E-state index is 12.3. The number of H-pyrrole nitrogens is 1. The van der Waals surface area contributed by atoms with Gasteiger partial charge in [0.1, 0.15) is 5.75 Å². The van der Waals surface area contributed by atoms with Crippen molar-refractivity contribution < 1.29 is 13.5 Å². The lowest BCUT2D eigenvalue weighted by atomic mass is 10.2. The largest absolute Gasteiger partial charge is 0.435 e. The van der Waals surface area contributed by atoms with Crippen LogP contribution in [0.1, 0.15) is 5.69 Å². The first-order valence-corrected chi connectivity index (χ1v) is 8.60. The number of halogens is 2. The van der Waals surface area contributed by atoms with Crippen LogP contribution in [0.2, 0.25) is 0 Å². The molecule has 0 saturated heterocycles. The van der Waals surface area contributed by atoms with Crippen molar-refractivity contribution in [2.75, 3.05) is 6.54 Å². The van der Waals surface area contributed by atoms with Crippen LogP contribution in [-0.4, -0.2) is 29.0 Å². The molecule has 26 heavy (non-hydrogen) atoms. The first-order chi connectivity index (χ1) is 12.7.